The molecule has 0 amide bonds. The number of quaternary nitrogens is 1. The number of likely N-dealkylation sites (N-methyl/N-ethyl adjacent to an activating group) is 1. The van der Waals surface area contributed by atoms with Gasteiger partial charge in [0.1, 0.15) is 6.54 Å². The fourth-order valence-electron chi connectivity index (χ4n) is 2.91. The van der Waals surface area contributed by atoms with Crippen molar-refractivity contribution in [1.82, 2.24) is 0 Å². The largest absolute Gasteiger partial charge is 0.544 e. The van der Waals surface area contributed by atoms with Crippen LogP contribution in [-0.2, 0) is 4.79 Å². The third kappa shape index (κ3) is 5.80. The van der Waals surface area contributed by atoms with Crippen LogP contribution in [0.25, 0.3) is 0 Å². The minimum Gasteiger partial charge on any atom is -0.544 e. The molecule has 41 heavy (non-hydrogen) atoms. The van der Waals surface area contributed by atoms with Crippen molar-refractivity contribution in [3.8, 4) is 0 Å². The van der Waals surface area contributed by atoms with Crippen molar-refractivity contribution in [2.45, 2.75) is 72.3 Å². The molecule has 0 unspecified atom stereocenters. The molecular formula is C17H14F21NO2. The van der Waals surface area contributed by atoms with Gasteiger partial charge in [-0.25, -0.2) is 0 Å². The molecule has 0 aliphatic heterocycles. The van der Waals surface area contributed by atoms with Crippen molar-refractivity contribution < 1.29 is 107 Å². The maximum atomic E-state index is 13.8. The van der Waals surface area contributed by atoms with E-state index in [0.717, 1.165) is 14.1 Å². The summed E-state index contributed by atoms with van der Waals surface area (Å²) in [7, 11) is 1.71. The van der Waals surface area contributed by atoms with E-state index >= 15 is 0 Å². The molecule has 0 rings (SSSR count). The highest BCUT2D eigenvalue weighted by Crippen LogP contribution is 2.66. The van der Waals surface area contributed by atoms with Gasteiger partial charge in [0.2, 0.25) is 0 Å². The smallest absolute Gasteiger partial charge is 0.460 e. The van der Waals surface area contributed by atoms with Crippen molar-refractivity contribution >= 4 is 5.97 Å². The molecule has 0 spiro atoms. The number of carbonyl (C=O) groups is 1. The highest BCUT2D eigenvalue weighted by Gasteiger charge is 2.97. The van der Waals surface area contributed by atoms with Crippen LogP contribution in [0.5, 0.6) is 0 Å². The first-order valence-electron chi connectivity index (χ1n) is 9.86. The van der Waals surface area contributed by atoms with Gasteiger partial charge < -0.3 is 14.4 Å². The van der Waals surface area contributed by atoms with Crippen LogP contribution < -0.4 is 5.11 Å². The van der Waals surface area contributed by atoms with Gasteiger partial charge in [-0.1, -0.05) is 0 Å². The fraction of sp³-hybridized carbons (Fsp3) is 0.941. The Kier molecular flexibility index (Phi) is 9.79. The molecule has 0 atom stereocenters. The van der Waals surface area contributed by atoms with Crippen LogP contribution in [-0.4, -0.2) is 97.1 Å². The third-order valence-electron chi connectivity index (χ3n) is 5.39. The van der Waals surface area contributed by atoms with Gasteiger partial charge in [-0.3, -0.25) is 0 Å². The summed E-state index contributed by atoms with van der Waals surface area (Å²) in [6, 6.07) is 0. The van der Waals surface area contributed by atoms with Crippen LogP contribution in [0.4, 0.5) is 92.2 Å². The quantitative estimate of drug-likeness (QED) is 0.172. The van der Waals surface area contributed by atoms with E-state index in [-0.39, 0.29) is 0 Å². The number of hydrogen-bond donors (Lipinski definition) is 0. The SMILES string of the molecule is C[N+](C)(CCCC(F)(F)C(F)(F)C(F)(F)C(F)(F)C(F)(F)C(F)(F)C(F)(F)C(F)(F)C(F)(F)C(F)(F)F)CC(=O)[O-]. The van der Waals surface area contributed by atoms with Crippen molar-refractivity contribution in [2.24, 2.45) is 0 Å². The molecule has 0 aromatic heterocycles. The normalized spacial score (nSPS) is 16.3. The Morgan fingerprint density at radius 3 is 1.05 bits per heavy atom. The molecule has 0 aromatic carbocycles. The molecule has 0 heterocycles. The number of aliphatic carboxylic acids is 1. The van der Waals surface area contributed by atoms with E-state index in [1.165, 1.54) is 0 Å². The molecular weight excluding hydrogens is 649 g/mol. The minimum atomic E-state index is -9.21. The zero-order chi connectivity index (χ0) is 33.9. The first-order valence-corrected chi connectivity index (χ1v) is 9.86. The van der Waals surface area contributed by atoms with Gasteiger partial charge in [-0.15, -0.1) is 0 Å². The number of hydrogen-bond acceptors (Lipinski definition) is 2. The summed E-state index contributed by atoms with van der Waals surface area (Å²) in [6.07, 6.45) is -12.4. The maximum Gasteiger partial charge on any atom is 0.460 e. The van der Waals surface area contributed by atoms with E-state index in [1.54, 1.807) is 0 Å². The lowest BCUT2D eigenvalue weighted by Crippen LogP contribution is -2.76. The topological polar surface area (TPSA) is 40.1 Å². The van der Waals surface area contributed by atoms with E-state index < -0.39 is 95.9 Å². The van der Waals surface area contributed by atoms with Crippen LogP contribution in [0.1, 0.15) is 12.8 Å². The Bertz CT molecular complexity index is 952. The van der Waals surface area contributed by atoms with Gasteiger partial charge in [0, 0.05) is 12.8 Å². The molecule has 0 radical (unpaired) electrons. The van der Waals surface area contributed by atoms with Crippen molar-refractivity contribution in [3.05, 3.63) is 0 Å². The van der Waals surface area contributed by atoms with Crippen LogP contribution in [0.2, 0.25) is 0 Å². The van der Waals surface area contributed by atoms with Gasteiger partial charge in [0.25, 0.3) is 0 Å². The van der Waals surface area contributed by atoms with E-state index in [9.17, 15) is 102 Å². The molecule has 24 heteroatoms. The summed E-state index contributed by atoms with van der Waals surface area (Å²) in [5.41, 5.74) is 0. The monoisotopic (exact) mass is 663 g/mol. The zero-order valence-corrected chi connectivity index (χ0v) is 19.5. The molecule has 0 fully saturated rings. The van der Waals surface area contributed by atoms with Gasteiger partial charge >= 0.3 is 59.5 Å². The molecule has 0 saturated carbocycles. The molecule has 3 nitrogen and oxygen atoms in total. The van der Waals surface area contributed by atoms with Crippen LogP contribution in [0.3, 0.4) is 0 Å². The predicted molar refractivity (Wildman–Crippen MR) is 86.7 cm³/mol. The lowest BCUT2D eigenvalue weighted by molar-refractivity contribution is -0.885. The zero-order valence-electron chi connectivity index (χ0n) is 19.5. The standard InChI is InChI=1S/C17H14F21NO2/c1-39(2,6-7(40)41)5-3-4-8(18,19)9(20,21)10(22,23)11(24,25)12(26,27)13(28,29)14(30,31)15(32,33)16(34,35)17(36,37)38/h3-6H2,1-2H3. The summed E-state index contributed by atoms with van der Waals surface area (Å²) in [5, 5.41) is 10.5. The Labute approximate surface area is 213 Å². The van der Waals surface area contributed by atoms with Gasteiger partial charge in [0.05, 0.1) is 26.6 Å². The summed E-state index contributed by atoms with van der Waals surface area (Å²) in [5.74, 6) is -79.1. The lowest BCUT2D eigenvalue weighted by Gasteiger charge is -2.44. The van der Waals surface area contributed by atoms with Crippen LogP contribution in [0, 0.1) is 0 Å². The first-order chi connectivity index (χ1) is 17.4. The molecule has 0 aromatic rings. The highest BCUT2D eigenvalue weighted by atomic mass is 19.4. The lowest BCUT2D eigenvalue weighted by atomic mass is 9.85. The number of carboxylic acid groups (broad SMARTS) is 1. The number of carboxylic acids is 1. The summed E-state index contributed by atoms with van der Waals surface area (Å²) in [4.78, 5) is 10.5. The summed E-state index contributed by atoms with van der Waals surface area (Å²) in [6.45, 7) is -2.10. The van der Waals surface area contributed by atoms with Gasteiger partial charge in [-0.05, 0) is 0 Å². The second-order valence-electron chi connectivity index (χ2n) is 9.09. The van der Waals surface area contributed by atoms with E-state index in [1.807, 2.05) is 0 Å². The second-order valence-corrected chi connectivity index (χ2v) is 9.09. The fourth-order valence-corrected chi connectivity index (χ4v) is 2.91. The van der Waals surface area contributed by atoms with Crippen molar-refractivity contribution in [1.29, 1.82) is 0 Å². The second kappa shape index (κ2) is 10.3. The molecule has 0 N–H and O–H groups in total. The van der Waals surface area contributed by atoms with Crippen molar-refractivity contribution in [2.75, 3.05) is 27.2 Å². The Morgan fingerprint density at radius 1 is 0.512 bits per heavy atom. The van der Waals surface area contributed by atoms with E-state index in [2.05, 4.69) is 0 Å². The van der Waals surface area contributed by atoms with E-state index in [4.69, 9.17) is 0 Å². The number of alkyl halides is 21. The van der Waals surface area contributed by atoms with Gasteiger partial charge in [-0.2, -0.15) is 92.2 Å². The molecule has 246 valence electrons. The summed E-state index contributed by atoms with van der Waals surface area (Å²) >= 11 is 0. The minimum absolute atomic E-state index is 0.857. The maximum absolute atomic E-state index is 13.8. The third-order valence-corrected chi connectivity index (χ3v) is 5.39. The number of rotatable bonds is 14. The summed E-state index contributed by atoms with van der Waals surface area (Å²) < 4.78 is 279. The van der Waals surface area contributed by atoms with Crippen LogP contribution in [0.15, 0.2) is 0 Å². The Hall–Kier alpha value is -2.04. The number of halogens is 21. The van der Waals surface area contributed by atoms with Crippen LogP contribution >= 0.6 is 0 Å². The molecule has 0 bridgehead atoms. The Morgan fingerprint density at radius 2 is 0.780 bits per heavy atom. The predicted octanol–water partition coefficient (Wildman–Crippen LogP) is 5.87. The molecule has 0 aliphatic rings. The molecule has 0 aliphatic carbocycles. The van der Waals surface area contributed by atoms with Gasteiger partial charge in [0.15, 0.2) is 0 Å². The average Bonchev–Trinajstić information content (AvgIpc) is 2.70. The van der Waals surface area contributed by atoms with E-state index in [0.29, 0.717) is 0 Å². The Balaban J connectivity index is 6.70. The number of carbonyl (C=O) groups excluding carboxylic acids is 1. The van der Waals surface area contributed by atoms with Crippen molar-refractivity contribution in [3.63, 3.8) is 0 Å². The number of nitrogens with zero attached hydrogens (tertiary/aromatic N) is 1. The average molecular weight is 663 g/mol. The highest BCUT2D eigenvalue weighted by molar-refractivity contribution is 5.65. The first kappa shape index (κ1) is 39.0. The molecule has 0 saturated heterocycles.